The standard InChI is InChI=1S/C18H22N2O2/c1-2-13-19-18(22)15-9-5-6-10-16(15)20-17(21)12-11-14-7-3-4-8-14/h1,5-6,9-10,14H,3-4,7-8,11-13H2,(H,19,22)(H,20,21). The van der Waals surface area contributed by atoms with E-state index in [0.717, 1.165) is 6.42 Å². The smallest absolute Gasteiger partial charge is 0.254 e. The van der Waals surface area contributed by atoms with E-state index < -0.39 is 0 Å². The van der Waals surface area contributed by atoms with Gasteiger partial charge in [-0.1, -0.05) is 43.7 Å². The largest absolute Gasteiger partial charge is 0.341 e. The molecule has 1 aliphatic carbocycles. The van der Waals surface area contributed by atoms with Gasteiger partial charge in [-0.05, 0) is 24.5 Å². The van der Waals surface area contributed by atoms with Gasteiger partial charge in [0.1, 0.15) is 0 Å². The van der Waals surface area contributed by atoms with Crippen molar-refractivity contribution < 1.29 is 9.59 Å². The minimum Gasteiger partial charge on any atom is -0.341 e. The molecule has 0 atom stereocenters. The molecular formula is C18H22N2O2. The van der Waals surface area contributed by atoms with Crippen LogP contribution >= 0.6 is 0 Å². The first-order valence-corrected chi connectivity index (χ1v) is 7.81. The predicted octanol–water partition coefficient (Wildman–Crippen LogP) is 2.96. The number of hydrogen-bond donors (Lipinski definition) is 2. The molecule has 2 rings (SSSR count). The second-order valence-electron chi connectivity index (χ2n) is 5.67. The van der Waals surface area contributed by atoms with E-state index in [1.165, 1.54) is 25.7 Å². The Morgan fingerprint density at radius 2 is 1.95 bits per heavy atom. The first-order valence-electron chi connectivity index (χ1n) is 7.81. The van der Waals surface area contributed by atoms with Gasteiger partial charge in [0.05, 0.1) is 17.8 Å². The molecule has 22 heavy (non-hydrogen) atoms. The lowest BCUT2D eigenvalue weighted by Gasteiger charge is -2.12. The molecule has 0 saturated heterocycles. The number of terminal acetylenes is 1. The van der Waals surface area contributed by atoms with E-state index in [4.69, 9.17) is 6.42 Å². The van der Waals surface area contributed by atoms with Crippen LogP contribution < -0.4 is 10.6 Å². The van der Waals surface area contributed by atoms with Gasteiger partial charge >= 0.3 is 0 Å². The number of para-hydroxylation sites is 1. The summed E-state index contributed by atoms with van der Waals surface area (Å²) in [6.07, 6.45) is 11.6. The maximum absolute atomic E-state index is 12.1. The summed E-state index contributed by atoms with van der Waals surface area (Å²) in [5.41, 5.74) is 0.973. The monoisotopic (exact) mass is 298 g/mol. The lowest BCUT2D eigenvalue weighted by atomic mass is 10.0. The van der Waals surface area contributed by atoms with E-state index in [1.54, 1.807) is 24.3 Å². The van der Waals surface area contributed by atoms with E-state index in [0.29, 0.717) is 23.6 Å². The third-order valence-electron chi connectivity index (χ3n) is 4.05. The Bertz CT molecular complexity index is 569. The van der Waals surface area contributed by atoms with Crippen molar-refractivity contribution in [3.8, 4) is 12.3 Å². The number of rotatable bonds is 6. The number of benzene rings is 1. The maximum atomic E-state index is 12.1. The highest BCUT2D eigenvalue weighted by atomic mass is 16.2. The SMILES string of the molecule is C#CCNC(=O)c1ccccc1NC(=O)CCC1CCCC1. The van der Waals surface area contributed by atoms with Crippen LogP contribution in [0.4, 0.5) is 5.69 Å². The van der Waals surface area contributed by atoms with E-state index in [-0.39, 0.29) is 18.4 Å². The molecular weight excluding hydrogens is 276 g/mol. The summed E-state index contributed by atoms with van der Waals surface area (Å²) in [5.74, 6) is 2.73. The second-order valence-corrected chi connectivity index (χ2v) is 5.67. The minimum absolute atomic E-state index is 0.0379. The summed E-state index contributed by atoms with van der Waals surface area (Å²) in [4.78, 5) is 24.1. The van der Waals surface area contributed by atoms with Gasteiger partial charge in [0.2, 0.25) is 5.91 Å². The maximum Gasteiger partial charge on any atom is 0.254 e. The van der Waals surface area contributed by atoms with Gasteiger partial charge in [0.25, 0.3) is 5.91 Å². The molecule has 1 aromatic carbocycles. The third kappa shape index (κ3) is 4.63. The van der Waals surface area contributed by atoms with Crippen LogP contribution in [0.3, 0.4) is 0 Å². The Balaban J connectivity index is 1.92. The number of hydrogen-bond acceptors (Lipinski definition) is 2. The fraction of sp³-hybridized carbons (Fsp3) is 0.444. The van der Waals surface area contributed by atoms with Crippen molar-refractivity contribution in [2.24, 2.45) is 5.92 Å². The molecule has 0 radical (unpaired) electrons. The fourth-order valence-electron chi connectivity index (χ4n) is 2.86. The van der Waals surface area contributed by atoms with Crippen LogP contribution in [0.2, 0.25) is 0 Å². The summed E-state index contributed by atoms with van der Waals surface area (Å²) in [5, 5.41) is 5.45. The van der Waals surface area contributed by atoms with Crippen molar-refractivity contribution in [3.05, 3.63) is 29.8 Å². The van der Waals surface area contributed by atoms with Crippen molar-refractivity contribution in [3.63, 3.8) is 0 Å². The zero-order valence-electron chi connectivity index (χ0n) is 12.7. The molecule has 2 amide bonds. The molecule has 1 aliphatic rings. The molecule has 1 saturated carbocycles. The Kier molecular flexibility index (Phi) is 6.02. The first kappa shape index (κ1) is 16.1. The Hall–Kier alpha value is -2.28. The molecule has 1 fully saturated rings. The van der Waals surface area contributed by atoms with Crippen molar-refractivity contribution in [2.45, 2.75) is 38.5 Å². The molecule has 0 bridgehead atoms. The summed E-state index contributed by atoms with van der Waals surface area (Å²) < 4.78 is 0. The molecule has 116 valence electrons. The second kappa shape index (κ2) is 8.23. The molecule has 0 heterocycles. The van der Waals surface area contributed by atoms with Gasteiger partial charge in [-0.15, -0.1) is 6.42 Å². The van der Waals surface area contributed by atoms with Crippen LogP contribution in [0.1, 0.15) is 48.9 Å². The predicted molar refractivity (Wildman–Crippen MR) is 87.4 cm³/mol. The van der Waals surface area contributed by atoms with Crippen molar-refractivity contribution in [1.82, 2.24) is 5.32 Å². The number of carbonyl (C=O) groups is 2. The van der Waals surface area contributed by atoms with Gasteiger partial charge in [-0.3, -0.25) is 9.59 Å². The number of anilines is 1. The molecule has 0 aliphatic heterocycles. The van der Waals surface area contributed by atoms with E-state index in [2.05, 4.69) is 16.6 Å². The summed E-state index contributed by atoms with van der Waals surface area (Å²) in [6.45, 7) is 0.169. The Morgan fingerprint density at radius 3 is 2.68 bits per heavy atom. The fourth-order valence-corrected chi connectivity index (χ4v) is 2.86. The minimum atomic E-state index is -0.273. The van der Waals surface area contributed by atoms with Gasteiger partial charge < -0.3 is 10.6 Å². The van der Waals surface area contributed by atoms with Gasteiger partial charge in [0.15, 0.2) is 0 Å². The molecule has 0 unspecified atom stereocenters. The number of carbonyl (C=O) groups excluding carboxylic acids is 2. The first-order chi connectivity index (χ1) is 10.7. The van der Waals surface area contributed by atoms with Crippen LogP contribution in [-0.4, -0.2) is 18.4 Å². The normalized spacial score (nSPS) is 14.3. The van der Waals surface area contributed by atoms with Crippen LogP contribution in [-0.2, 0) is 4.79 Å². The van der Waals surface area contributed by atoms with Gasteiger partial charge in [-0.25, -0.2) is 0 Å². The lowest BCUT2D eigenvalue weighted by Crippen LogP contribution is -2.25. The van der Waals surface area contributed by atoms with Crippen LogP contribution in [0.25, 0.3) is 0 Å². The number of nitrogens with one attached hydrogen (secondary N) is 2. The van der Waals surface area contributed by atoms with E-state index in [9.17, 15) is 9.59 Å². The average molecular weight is 298 g/mol. The van der Waals surface area contributed by atoms with Crippen molar-refractivity contribution in [1.29, 1.82) is 0 Å². The van der Waals surface area contributed by atoms with E-state index in [1.807, 2.05) is 0 Å². The van der Waals surface area contributed by atoms with E-state index >= 15 is 0 Å². The lowest BCUT2D eigenvalue weighted by molar-refractivity contribution is -0.116. The van der Waals surface area contributed by atoms with Crippen LogP contribution in [0, 0.1) is 18.3 Å². The quantitative estimate of drug-likeness (QED) is 0.793. The molecule has 4 heteroatoms. The zero-order valence-corrected chi connectivity index (χ0v) is 12.7. The highest BCUT2D eigenvalue weighted by Crippen LogP contribution is 2.28. The van der Waals surface area contributed by atoms with Crippen LogP contribution in [0.5, 0.6) is 0 Å². The zero-order chi connectivity index (χ0) is 15.8. The number of amides is 2. The highest BCUT2D eigenvalue weighted by Gasteiger charge is 2.17. The van der Waals surface area contributed by atoms with Gasteiger partial charge in [0, 0.05) is 6.42 Å². The van der Waals surface area contributed by atoms with Crippen molar-refractivity contribution >= 4 is 17.5 Å². The Morgan fingerprint density at radius 1 is 1.23 bits per heavy atom. The highest BCUT2D eigenvalue weighted by molar-refractivity contribution is 6.03. The van der Waals surface area contributed by atoms with Crippen molar-refractivity contribution in [2.75, 3.05) is 11.9 Å². The Labute approximate surface area is 131 Å². The third-order valence-corrected chi connectivity index (χ3v) is 4.05. The van der Waals surface area contributed by atoms with Gasteiger partial charge in [-0.2, -0.15) is 0 Å². The van der Waals surface area contributed by atoms with Crippen LogP contribution in [0.15, 0.2) is 24.3 Å². The average Bonchev–Trinajstić information content (AvgIpc) is 3.04. The molecule has 4 nitrogen and oxygen atoms in total. The molecule has 0 aromatic heterocycles. The summed E-state index contributed by atoms with van der Waals surface area (Å²) in [6, 6.07) is 6.97. The molecule has 0 spiro atoms. The summed E-state index contributed by atoms with van der Waals surface area (Å²) in [7, 11) is 0. The molecule has 2 N–H and O–H groups in total. The topological polar surface area (TPSA) is 58.2 Å². The molecule has 1 aromatic rings. The summed E-state index contributed by atoms with van der Waals surface area (Å²) >= 11 is 0.